The van der Waals surface area contributed by atoms with Crippen molar-refractivity contribution in [2.24, 2.45) is 5.92 Å². The van der Waals surface area contributed by atoms with E-state index in [9.17, 15) is 9.18 Å². The third kappa shape index (κ3) is 5.23. The summed E-state index contributed by atoms with van der Waals surface area (Å²) in [7, 11) is 1.58. The Bertz CT molecular complexity index is 1230. The van der Waals surface area contributed by atoms with Gasteiger partial charge in [-0.1, -0.05) is 24.3 Å². The molecule has 0 radical (unpaired) electrons. The van der Waals surface area contributed by atoms with Crippen molar-refractivity contribution in [3.8, 4) is 23.0 Å². The van der Waals surface area contributed by atoms with Gasteiger partial charge in [-0.25, -0.2) is 4.39 Å². The second-order valence-corrected chi connectivity index (χ2v) is 8.92. The molecular formula is C28H29FN2O5. The van der Waals surface area contributed by atoms with Crippen molar-refractivity contribution < 1.29 is 28.1 Å². The number of methoxy groups -OCH3 is 1. The third-order valence-corrected chi connectivity index (χ3v) is 6.71. The molecule has 0 saturated carbocycles. The fraction of sp³-hybridized carbons (Fsp3) is 0.321. The number of hydrogen-bond acceptors (Lipinski definition) is 6. The number of carbonyl (C=O) groups is 1. The average Bonchev–Trinajstić information content (AvgIpc) is 3.39. The van der Waals surface area contributed by atoms with Gasteiger partial charge in [0.1, 0.15) is 17.3 Å². The third-order valence-electron chi connectivity index (χ3n) is 6.71. The Hall–Kier alpha value is -3.78. The monoisotopic (exact) mass is 492 g/mol. The van der Waals surface area contributed by atoms with Crippen LogP contribution in [0.15, 0.2) is 60.7 Å². The Labute approximate surface area is 209 Å². The van der Waals surface area contributed by atoms with Gasteiger partial charge in [-0.3, -0.25) is 4.79 Å². The van der Waals surface area contributed by atoms with Gasteiger partial charge in [-0.15, -0.1) is 0 Å². The molecule has 0 spiro atoms. The highest BCUT2D eigenvalue weighted by molar-refractivity contribution is 5.94. The lowest BCUT2D eigenvalue weighted by atomic mass is 9.81. The summed E-state index contributed by atoms with van der Waals surface area (Å²) < 4.78 is 36.9. The average molecular weight is 493 g/mol. The summed E-state index contributed by atoms with van der Waals surface area (Å²) in [5.74, 6) is 2.04. The molecule has 0 aliphatic carbocycles. The van der Waals surface area contributed by atoms with Gasteiger partial charge in [0.2, 0.25) is 6.79 Å². The van der Waals surface area contributed by atoms with Gasteiger partial charge in [0.15, 0.2) is 11.5 Å². The Morgan fingerprint density at radius 1 is 1.11 bits per heavy atom. The van der Waals surface area contributed by atoms with Crippen LogP contribution in [0.2, 0.25) is 0 Å². The molecule has 188 valence electrons. The summed E-state index contributed by atoms with van der Waals surface area (Å²) >= 11 is 0. The van der Waals surface area contributed by atoms with Gasteiger partial charge < -0.3 is 29.6 Å². The van der Waals surface area contributed by atoms with Crippen LogP contribution in [0.25, 0.3) is 0 Å². The summed E-state index contributed by atoms with van der Waals surface area (Å²) in [6, 6.07) is 17.8. The molecule has 36 heavy (non-hydrogen) atoms. The van der Waals surface area contributed by atoms with E-state index in [1.165, 1.54) is 6.07 Å². The lowest BCUT2D eigenvalue weighted by Crippen LogP contribution is -2.38. The molecule has 3 aromatic rings. The second kappa shape index (κ2) is 10.9. The van der Waals surface area contributed by atoms with E-state index < -0.39 is 11.7 Å². The molecule has 7 nitrogen and oxygen atoms in total. The molecule has 8 heteroatoms. The van der Waals surface area contributed by atoms with E-state index in [1.54, 1.807) is 19.2 Å². The number of fused-ring (bicyclic) bond motifs is 1. The Kier molecular flexibility index (Phi) is 7.23. The molecule has 0 unspecified atom stereocenters. The van der Waals surface area contributed by atoms with E-state index in [1.807, 2.05) is 42.5 Å². The molecule has 1 fully saturated rings. The molecule has 2 atom stereocenters. The smallest absolute Gasteiger partial charge is 0.254 e. The highest BCUT2D eigenvalue weighted by Gasteiger charge is 2.28. The first-order valence-corrected chi connectivity index (χ1v) is 12.0. The first kappa shape index (κ1) is 23.9. The zero-order chi connectivity index (χ0) is 24.9. The minimum absolute atomic E-state index is 0.0383. The zero-order valence-electron chi connectivity index (χ0n) is 20.1. The molecule has 1 amide bonds. The van der Waals surface area contributed by atoms with Gasteiger partial charge in [0, 0.05) is 30.6 Å². The fourth-order valence-corrected chi connectivity index (χ4v) is 4.77. The maximum atomic E-state index is 14.7. The van der Waals surface area contributed by atoms with Crippen LogP contribution >= 0.6 is 0 Å². The number of halogens is 1. The zero-order valence-corrected chi connectivity index (χ0v) is 20.1. The molecule has 1 saturated heterocycles. The van der Waals surface area contributed by atoms with E-state index in [-0.39, 0.29) is 30.7 Å². The number of hydrogen-bond donors (Lipinski definition) is 2. The van der Waals surface area contributed by atoms with Crippen LogP contribution in [0.3, 0.4) is 0 Å². The van der Waals surface area contributed by atoms with Crippen LogP contribution in [-0.4, -0.2) is 39.5 Å². The molecule has 0 aromatic heterocycles. The summed E-state index contributed by atoms with van der Waals surface area (Å²) in [6.45, 7) is 2.54. The number of amides is 1. The van der Waals surface area contributed by atoms with E-state index in [2.05, 4.69) is 10.6 Å². The summed E-state index contributed by atoms with van der Waals surface area (Å²) in [6.07, 6.45) is 0.864. The van der Waals surface area contributed by atoms with Gasteiger partial charge in [0.05, 0.1) is 19.3 Å². The van der Waals surface area contributed by atoms with Crippen molar-refractivity contribution in [3.05, 3.63) is 83.2 Å². The lowest BCUT2D eigenvalue weighted by Gasteiger charge is -2.32. The first-order chi connectivity index (χ1) is 17.6. The number of nitrogens with one attached hydrogen (secondary N) is 2. The Morgan fingerprint density at radius 3 is 2.86 bits per heavy atom. The molecule has 5 rings (SSSR count). The van der Waals surface area contributed by atoms with Crippen molar-refractivity contribution in [2.45, 2.75) is 18.9 Å². The van der Waals surface area contributed by atoms with Crippen LogP contribution in [0.1, 0.15) is 33.8 Å². The maximum absolute atomic E-state index is 14.7. The Morgan fingerprint density at radius 2 is 1.97 bits per heavy atom. The minimum Gasteiger partial charge on any atom is -0.496 e. The number of benzene rings is 3. The predicted octanol–water partition coefficient (Wildman–Crippen LogP) is 4.27. The van der Waals surface area contributed by atoms with Gasteiger partial charge in [-0.05, 0) is 54.8 Å². The van der Waals surface area contributed by atoms with Crippen molar-refractivity contribution in [3.63, 3.8) is 0 Å². The van der Waals surface area contributed by atoms with Gasteiger partial charge >= 0.3 is 0 Å². The number of rotatable bonds is 8. The van der Waals surface area contributed by atoms with E-state index in [0.717, 1.165) is 30.6 Å². The van der Waals surface area contributed by atoms with Crippen LogP contribution < -0.4 is 29.6 Å². The quantitative estimate of drug-likeness (QED) is 0.489. The fourth-order valence-electron chi connectivity index (χ4n) is 4.77. The van der Waals surface area contributed by atoms with E-state index in [4.69, 9.17) is 18.9 Å². The van der Waals surface area contributed by atoms with Gasteiger partial charge in [-0.2, -0.15) is 0 Å². The van der Waals surface area contributed by atoms with Crippen LogP contribution in [0, 0.1) is 11.7 Å². The summed E-state index contributed by atoms with van der Waals surface area (Å²) in [5, 5.41) is 6.24. The normalized spacial score (nSPS) is 18.5. The largest absolute Gasteiger partial charge is 0.496 e. The first-order valence-electron chi connectivity index (χ1n) is 12.0. The number of carbonyl (C=O) groups excluding carboxylic acids is 1. The minimum atomic E-state index is -0.543. The van der Waals surface area contributed by atoms with Crippen LogP contribution in [-0.2, 0) is 6.54 Å². The summed E-state index contributed by atoms with van der Waals surface area (Å²) in [4.78, 5) is 12.9. The SMILES string of the molecule is COc1ccccc1CNC(=O)c1cc([C@@H]2CCNC[C@H]2COc2ccc3c(c2)OCO3)ccc1F. The molecule has 2 heterocycles. The highest BCUT2D eigenvalue weighted by Crippen LogP contribution is 2.36. The van der Waals surface area contributed by atoms with Crippen molar-refractivity contribution in [1.82, 2.24) is 10.6 Å². The van der Waals surface area contributed by atoms with Crippen molar-refractivity contribution in [1.29, 1.82) is 0 Å². The maximum Gasteiger partial charge on any atom is 0.254 e. The molecule has 2 N–H and O–H groups in total. The van der Waals surface area contributed by atoms with Crippen molar-refractivity contribution >= 4 is 5.91 Å². The molecule has 2 aliphatic rings. The molecule has 3 aromatic carbocycles. The summed E-state index contributed by atoms with van der Waals surface area (Å²) in [5.41, 5.74) is 1.79. The molecular weight excluding hydrogens is 463 g/mol. The lowest BCUT2D eigenvalue weighted by molar-refractivity contribution is 0.0946. The van der Waals surface area contributed by atoms with Gasteiger partial charge in [0.25, 0.3) is 5.91 Å². The van der Waals surface area contributed by atoms with E-state index >= 15 is 0 Å². The topological polar surface area (TPSA) is 78.1 Å². The van der Waals surface area contributed by atoms with Crippen LogP contribution in [0.5, 0.6) is 23.0 Å². The number of para-hydroxylation sites is 1. The molecule has 2 aliphatic heterocycles. The highest BCUT2D eigenvalue weighted by atomic mass is 19.1. The number of piperidine rings is 1. The van der Waals surface area contributed by atoms with Crippen molar-refractivity contribution in [2.75, 3.05) is 33.6 Å². The Balaban J connectivity index is 1.28. The second-order valence-electron chi connectivity index (χ2n) is 8.92. The number of ether oxygens (including phenoxy) is 4. The van der Waals surface area contributed by atoms with E-state index in [0.29, 0.717) is 29.6 Å². The predicted molar refractivity (Wildman–Crippen MR) is 132 cm³/mol. The standard InChI is InChI=1S/C28H29FN2O5/c1-33-25-5-3-2-4-19(25)15-31-28(32)23-12-18(6-8-24(23)29)22-10-11-30-14-20(22)16-34-21-7-9-26-27(13-21)36-17-35-26/h2-9,12-13,20,22,30H,10-11,14-17H2,1H3,(H,31,32)/t20-,22-/m0/s1. The molecule has 0 bridgehead atoms. The van der Waals surface area contributed by atoms with Crippen LogP contribution in [0.4, 0.5) is 4.39 Å².